The van der Waals surface area contributed by atoms with Crippen LogP contribution < -0.4 is 5.56 Å². The van der Waals surface area contributed by atoms with Crippen LogP contribution in [0.2, 0.25) is 5.02 Å². The van der Waals surface area contributed by atoms with Gasteiger partial charge in [-0.1, -0.05) is 41.9 Å². The van der Waals surface area contributed by atoms with Crippen LogP contribution >= 0.6 is 11.6 Å². The van der Waals surface area contributed by atoms with E-state index in [0.717, 1.165) is 5.56 Å². The summed E-state index contributed by atoms with van der Waals surface area (Å²) in [6.07, 6.45) is 3.38. The minimum absolute atomic E-state index is 0.00504. The molecule has 0 atom stereocenters. The van der Waals surface area contributed by atoms with Crippen molar-refractivity contribution in [1.29, 1.82) is 0 Å². The number of halogens is 1. The molecular formula is C23H16ClN3O3. The zero-order chi connectivity index (χ0) is 21.3. The van der Waals surface area contributed by atoms with Gasteiger partial charge in [0.25, 0.3) is 11.2 Å². The van der Waals surface area contributed by atoms with Crippen molar-refractivity contribution in [3.63, 3.8) is 0 Å². The van der Waals surface area contributed by atoms with E-state index in [1.165, 1.54) is 16.7 Å². The van der Waals surface area contributed by atoms with E-state index in [1.807, 2.05) is 13.0 Å². The Morgan fingerprint density at radius 2 is 1.83 bits per heavy atom. The standard InChI is InChI=1S/C23H16ClN3O3/c1-15-13-17(24)10-11-21(15)26-22(25-20-8-3-2-7-19(20)23(26)28)12-9-16-5-4-6-18(14-16)27(29)30/h2-14H,1H3/b12-9+. The summed E-state index contributed by atoms with van der Waals surface area (Å²) in [5.41, 5.74) is 2.49. The highest BCUT2D eigenvalue weighted by Gasteiger charge is 2.13. The summed E-state index contributed by atoms with van der Waals surface area (Å²) in [5.74, 6) is 0.413. The van der Waals surface area contributed by atoms with E-state index in [0.29, 0.717) is 33.0 Å². The molecule has 0 aliphatic carbocycles. The average Bonchev–Trinajstić information content (AvgIpc) is 2.73. The lowest BCUT2D eigenvalue weighted by Gasteiger charge is -2.14. The van der Waals surface area contributed by atoms with Gasteiger partial charge in [-0.15, -0.1) is 0 Å². The van der Waals surface area contributed by atoms with E-state index < -0.39 is 4.92 Å². The van der Waals surface area contributed by atoms with Gasteiger partial charge in [-0.2, -0.15) is 0 Å². The van der Waals surface area contributed by atoms with E-state index in [4.69, 9.17) is 11.6 Å². The number of non-ortho nitro benzene ring substituents is 1. The van der Waals surface area contributed by atoms with E-state index in [9.17, 15) is 14.9 Å². The van der Waals surface area contributed by atoms with Crippen LogP contribution in [-0.4, -0.2) is 14.5 Å². The van der Waals surface area contributed by atoms with Crippen molar-refractivity contribution in [3.8, 4) is 5.69 Å². The number of para-hydroxylation sites is 1. The Balaban J connectivity index is 1.93. The third-order valence-corrected chi connectivity index (χ3v) is 4.94. The largest absolute Gasteiger partial charge is 0.270 e. The molecule has 0 unspecified atom stereocenters. The average molecular weight is 418 g/mol. The fourth-order valence-corrected chi connectivity index (χ4v) is 3.50. The maximum Gasteiger partial charge on any atom is 0.270 e. The Hall–Kier alpha value is -3.77. The number of aromatic nitrogens is 2. The van der Waals surface area contributed by atoms with Crippen LogP contribution in [0.15, 0.2) is 71.5 Å². The molecule has 30 heavy (non-hydrogen) atoms. The molecule has 0 N–H and O–H groups in total. The highest BCUT2D eigenvalue weighted by atomic mass is 35.5. The van der Waals surface area contributed by atoms with Crippen LogP contribution in [0.5, 0.6) is 0 Å². The molecule has 0 saturated heterocycles. The second-order valence-corrected chi connectivity index (χ2v) is 7.18. The Bertz CT molecular complexity index is 1380. The predicted octanol–water partition coefficient (Wildman–Crippen LogP) is 5.43. The zero-order valence-electron chi connectivity index (χ0n) is 15.9. The highest BCUT2D eigenvalue weighted by Crippen LogP contribution is 2.22. The van der Waals surface area contributed by atoms with Crippen molar-refractivity contribution >= 4 is 40.3 Å². The molecule has 0 saturated carbocycles. The first-order valence-electron chi connectivity index (χ1n) is 9.15. The van der Waals surface area contributed by atoms with Crippen molar-refractivity contribution in [3.05, 3.63) is 109 Å². The number of hydrogen-bond donors (Lipinski definition) is 0. The lowest BCUT2D eigenvalue weighted by atomic mass is 10.1. The first kappa shape index (κ1) is 19.5. The van der Waals surface area contributed by atoms with E-state index in [1.54, 1.807) is 60.7 Å². The van der Waals surface area contributed by atoms with Crippen LogP contribution in [0, 0.1) is 17.0 Å². The summed E-state index contributed by atoms with van der Waals surface area (Å²) in [5, 5.41) is 12.1. The number of nitro groups is 1. The second-order valence-electron chi connectivity index (χ2n) is 6.74. The van der Waals surface area contributed by atoms with Crippen LogP contribution in [0.1, 0.15) is 17.0 Å². The molecule has 4 rings (SSSR count). The molecule has 4 aromatic rings. The smallest absolute Gasteiger partial charge is 0.268 e. The molecule has 0 bridgehead atoms. The third kappa shape index (κ3) is 3.73. The summed E-state index contributed by atoms with van der Waals surface area (Å²) < 4.78 is 1.53. The van der Waals surface area contributed by atoms with Gasteiger partial charge in [-0.3, -0.25) is 19.5 Å². The number of fused-ring (bicyclic) bond motifs is 1. The fraction of sp³-hybridized carbons (Fsp3) is 0.0435. The van der Waals surface area contributed by atoms with Gasteiger partial charge in [-0.05, 0) is 54.5 Å². The van der Waals surface area contributed by atoms with Gasteiger partial charge in [0, 0.05) is 17.2 Å². The van der Waals surface area contributed by atoms with Crippen LogP contribution in [0.3, 0.4) is 0 Å². The van der Waals surface area contributed by atoms with Gasteiger partial charge in [0.15, 0.2) is 0 Å². The number of rotatable bonds is 4. The van der Waals surface area contributed by atoms with Gasteiger partial charge in [0.1, 0.15) is 5.82 Å². The van der Waals surface area contributed by atoms with Gasteiger partial charge < -0.3 is 0 Å². The molecule has 1 aromatic heterocycles. The number of nitrogens with zero attached hydrogens (tertiary/aromatic N) is 3. The van der Waals surface area contributed by atoms with Crippen molar-refractivity contribution < 1.29 is 4.92 Å². The van der Waals surface area contributed by atoms with Crippen molar-refractivity contribution in [2.45, 2.75) is 6.92 Å². The fourth-order valence-electron chi connectivity index (χ4n) is 3.28. The number of benzene rings is 3. The molecule has 0 fully saturated rings. The molecule has 0 spiro atoms. The molecule has 148 valence electrons. The Kier molecular flexibility index (Phi) is 5.16. The molecule has 6 nitrogen and oxygen atoms in total. The third-order valence-electron chi connectivity index (χ3n) is 4.71. The van der Waals surface area contributed by atoms with Crippen LogP contribution in [-0.2, 0) is 0 Å². The topological polar surface area (TPSA) is 78.0 Å². The normalized spacial score (nSPS) is 11.3. The van der Waals surface area contributed by atoms with Crippen molar-refractivity contribution in [2.75, 3.05) is 0 Å². The molecule has 0 aliphatic heterocycles. The molecule has 0 radical (unpaired) electrons. The monoisotopic (exact) mass is 417 g/mol. The SMILES string of the molecule is Cc1cc(Cl)ccc1-n1c(/C=C/c2cccc([N+](=O)[O-])c2)nc2ccccc2c1=O. The van der Waals surface area contributed by atoms with E-state index >= 15 is 0 Å². The quantitative estimate of drug-likeness (QED) is 0.328. The van der Waals surface area contributed by atoms with Crippen molar-refractivity contribution in [2.24, 2.45) is 0 Å². The number of hydrogen-bond acceptors (Lipinski definition) is 4. The maximum absolute atomic E-state index is 13.3. The summed E-state index contributed by atoms with van der Waals surface area (Å²) in [7, 11) is 0. The molecule has 1 heterocycles. The predicted molar refractivity (Wildman–Crippen MR) is 119 cm³/mol. The van der Waals surface area contributed by atoms with Gasteiger partial charge in [0.2, 0.25) is 0 Å². The lowest BCUT2D eigenvalue weighted by molar-refractivity contribution is -0.384. The van der Waals surface area contributed by atoms with Gasteiger partial charge in [0.05, 0.1) is 21.5 Å². The van der Waals surface area contributed by atoms with Crippen LogP contribution in [0.25, 0.3) is 28.7 Å². The van der Waals surface area contributed by atoms with Crippen molar-refractivity contribution in [1.82, 2.24) is 9.55 Å². The first-order chi connectivity index (χ1) is 14.4. The molecule has 3 aromatic carbocycles. The van der Waals surface area contributed by atoms with E-state index in [2.05, 4.69) is 4.98 Å². The molecule has 7 heteroatoms. The Labute approximate surface area is 176 Å². The molecule has 0 aliphatic rings. The minimum atomic E-state index is -0.446. The first-order valence-corrected chi connectivity index (χ1v) is 9.53. The van der Waals surface area contributed by atoms with Gasteiger partial charge in [-0.25, -0.2) is 4.98 Å². The molecular weight excluding hydrogens is 402 g/mol. The molecule has 0 amide bonds. The summed E-state index contributed by atoms with van der Waals surface area (Å²) in [6.45, 7) is 1.87. The summed E-state index contributed by atoms with van der Waals surface area (Å²) in [6, 6.07) is 18.7. The Morgan fingerprint density at radius 1 is 1.03 bits per heavy atom. The minimum Gasteiger partial charge on any atom is -0.268 e. The van der Waals surface area contributed by atoms with E-state index in [-0.39, 0.29) is 11.2 Å². The lowest BCUT2D eigenvalue weighted by Crippen LogP contribution is -2.23. The number of nitro benzene ring substituents is 1. The highest BCUT2D eigenvalue weighted by molar-refractivity contribution is 6.30. The Morgan fingerprint density at radius 3 is 2.60 bits per heavy atom. The zero-order valence-corrected chi connectivity index (χ0v) is 16.7. The summed E-state index contributed by atoms with van der Waals surface area (Å²) >= 11 is 6.09. The van der Waals surface area contributed by atoms with Gasteiger partial charge >= 0.3 is 0 Å². The second kappa shape index (κ2) is 7.93. The van der Waals surface area contributed by atoms with Crippen LogP contribution in [0.4, 0.5) is 5.69 Å². The summed E-state index contributed by atoms with van der Waals surface area (Å²) in [4.78, 5) is 28.6. The maximum atomic E-state index is 13.3. The number of aryl methyl sites for hydroxylation is 1.